The van der Waals surface area contributed by atoms with E-state index in [-0.39, 0.29) is 18.2 Å². The number of benzene rings is 1. The Hall–Kier alpha value is -0.640. The highest BCUT2D eigenvalue weighted by atomic mass is 35.5. The van der Waals surface area contributed by atoms with Gasteiger partial charge >= 0.3 is 0 Å². The van der Waals surface area contributed by atoms with Gasteiger partial charge in [-0.3, -0.25) is 0 Å². The minimum atomic E-state index is -0.220. The number of halogens is 2. The monoisotopic (exact) mass is 191 g/mol. The van der Waals surface area contributed by atoms with Crippen molar-refractivity contribution in [2.45, 2.75) is 6.42 Å². The van der Waals surface area contributed by atoms with Crippen LogP contribution in [0.1, 0.15) is 5.56 Å². The third kappa shape index (κ3) is 3.67. The average molecular weight is 192 g/mol. The first-order valence-corrected chi connectivity index (χ1v) is 3.39. The largest absolute Gasteiger partial charge is 0.304 e. The second kappa shape index (κ2) is 5.94. The fraction of sp³-hybridized carbons (Fsp3) is 0.250. The molecule has 0 spiro atoms. The number of nitrogens with two attached hydrogens (primary N) is 1. The molecule has 68 valence electrons. The van der Waals surface area contributed by atoms with Crippen LogP contribution in [0.5, 0.6) is 0 Å². The summed E-state index contributed by atoms with van der Waals surface area (Å²) in [7, 11) is 0. The van der Waals surface area contributed by atoms with Crippen LogP contribution in [0.3, 0.4) is 0 Å². The van der Waals surface area contributed by atoms with E-state index >= 15 is 0 Å². The third-order valence-electron chi connectivity index (χ3n) is 1.42. The maximum atomic E-state index is 12.4. The van der Waals surface area contributed by atoms with E-state index in [0.717, 1.165) is 12.0 Å². The van der Waals surface area contributed by atoms with Gasteiger partial charge in [0, 0.05) is 0 Å². The molecule has 2 N–H and O–H groups in total. The number of rotatable bonds is 3. The molecule has 0 aromatic heterocycles. The lowest BCUT2D eigenvalue weighted by molar-refractivity contribution is 0.141. The Kier molecular flexibility index (Phi) is 5.62. The van der Waals surface area contributed by atoms with E-state index < -0.39 is 0 Å². The number of hydrogen-bond acceptors (Lipinski definition) is 2. The van der Waals surface area contributed by atoms with Crippen LogP contribution in [0.2, 0.25) is 0 Å². The van der Waals surface area contributed by atoms with Crippen molar-refractivity contribution >= 4 is 12.4 Å². The van der Waals surface area contributed by atoms with Gasteiger partial charge in [-0.15, -0.1) is 12.4 Å². The van der Waals surface area contributed by atoms with Crippen LogP contribution in [0, 0.1) is 5.82 Å². The molecule has 0 saturated carbocycles. The Morgan fingerprint density at radius 2 is 1.83 bits per heavy atom. The standard InChI is InChI=1S/C8H10FNO.ClH/c9-8-3-1-7(2-4-8)5-6-11-10;/h1-4H,5-6,10H2;1H. The first-order chi connectivity index (χ1) is 5.33. The molecule has 0 unspecified atom stereocenters. The SMILES string of the molecule is Cl.NOCCc1ccc(F)cc1. The van der Waals surface area contributed by atoms with Crippen molar-refractivity contribution in [2.75, 3.05) is 6.61 Å². The Morgan fingerprint density at radius 1 is 1.25 bits per heavy atom. The van der Waals surface area contributed by atoms with Gasteiger partial charge in [-0.2, -0.15) is 0 Å². The van der Waals surface area contributed by atoms with Gasteiger partial charge in [-0.05, 0) is 24.1 Å². The van der Waals surface area contributed by atoms with E-state index in [2.05, 4.69) is 4.84 Å². The third-order valence-corrected chi connectivity index (χ3v) is 1.42. The van der Waals surface area contributed by atoms with Gasteiger partial charge in [0.15, 0.2) is 0 Å². The van der Waals surface area contributed by atoms with Crippen LogP contribution in [0.15, 0.2) is 24.3 Å². The molecule has 0 fully saturated rings. The summed E-state index contributed by atoms with van der Waals surface area (Å²) >= 11 is 0. The molecule has 0 aliphatic heterocycles. The van der Waals surface area contributed by atoms with Crippen LogP contribution >= 0.6 is 12.4 Å². The molecule has 12 heavy (non-hydrogen) atoms. The highest BCUT2D eigenvalue weighted by Gasteiger charge is 1.92. The molecule has 0 bridgehead atoms. The Bertz CT molecular complexity index is 215. The summed E-state index contributed by atoms with van der Waals surface area (Å²) in [5.74, 6) is 4.61. The van der Waals surface area contributed by atoms with E-state index in [1.54, 1.807) is 12.1 Å². The Morgan fingerprint density at radius 3 is 2.33 bits per heavy atom. The molecule has 0 atom stereocenters. The molecule has 4 heteroatoms. The molecule has 0 radical (unpaired) electrons. The molecule has 0 aliphatic rings. The smallest absolute Gasteiger partial charge is 0.123 e. The fourth-order valence-electron chi connectivity index (χ4n) is 0.828. The molecule has 1 aromatic carbocycles. The highest BCUT2D eigenvalue weighted by Crippen LogP contribution is 2.02. The van der Waals surface area contributed by atoms with E-state index in [4.69, 9.17) is 5.90 Å². The predicted octanol–water partition coefficient (Wildman–Crippen LogP) is 1.68. The summed E-state index contributed by atoms with van der Waals surface area (Å²) in [6, 6.07) is 6.28. The molecule has 0 heterocycles. The highest BCUT2D eigenvalue weighted by molar-refractivity contribution is 5.85. The van der Waals surface area contributed by atoms with Gasteiger partial charge in [0.05, 0.1) is 6.61 Å². The van der Waals surface area contributed by atoms with Crippen molar-refractivity contribution in [3.8, 4) is 0 Å². The summed E-state index contributed by atoms with van der Waals surface area (Å²) in [4.78, 5) is 4.38. The summed E-state index contributed by atoms with van der Waals surface area (Å²) in [5.41, 5.74) is 1.02. The zero-order valence-corrected chi connectivity index (χ0v) is 7.31. The molecule has 0 aliphatic carbocycles. The van der Waals surface area contributed by atoms with Crippen LogP contribution in [0.4, 0.5) is 4.39 Å². The van der Waals surface area contributed by atoms with Crippen molar-refractivity contribution in [1.82, 2.24) is 0 Å². The van der Waals surface area contributed by atoms with Gasteiger partial charge < -0.3 is 4.84 Å². The maximum absolute atomic E-state index is 12.4. The second-order valence-corrected chi connectivity index (χ2v) is 2.25. The average Bonchev–Trinajstić information content (AvgIpc) is 2.04. The van der Waals surface area contributed by atoms with E-state index in [9.17, 15) is 4.39 Å². The lowest BCUT2D eigenvalue weighted by Crippen LogP contribution is -2.03. The van der Waals surface area contributed by atoms with Crippen molar-refractivity contribution in [3.05, 3.63) is 35.6 Å². The van der Waals surface area contributed by atoms with Crippen LogP contribution < -0.4 is 5.90 Å². The zero-order valence-electron chi connectivity index (χ0n) is 6.50. The van der Waals surface area contributed by atoms with Gasteiger partial charge in [0.2, 0.25) is 0 Å². The zero-order chi connectivity index (χ0) is 8.10. The molecule has 1 rings (SSSR count). The van der Waals surface area contributed by atoms with Crippen molar-refractivity contribution in [2.24, 2.45) is 5.90 Å². The molecule has 0 saturated heterocycles. The second-order valence-electron chi connectivity index (χ2n) is 2.25. The summed E-state index contributed by atoms with van der Waals surface area (Å²) in [5, 5.41) is 0. The van der Waals surface area contributed by atoms with Gasteiger partial charge in [-0.1, -0.05) is 12.1 Å². The minimum Gasteiger partial charge on any atom is -0.304 e. The summed E-state index contributed by atoms with van der Waals surface area (Å²) in [6.45, 7) is 0.464. The maximum Gasteiger partial charge on any atom is 0.123 e. The predicted molar refractivity (Wildman–Crippen MR) is 47.5 cm³/mol. The molecule has 2 nitrogen and oxygen atoms in total. The van der Waals surface area contributed by atoms with Crippen LogP contribution in [0.25, 0.3) is 0 Å². The van der Waals surface area contributed by atoms with Crippen LogP contribution in [-0.2, 0) is 11.3 Å². The van der Waals surface area contributed by atoms with Gasteiger partial charge in [-0.25, -0.2) is 10.3 Å². The Balaban J connectivity index is 0.00000121. The quantitative estimate of drug-likeness (QED) is 0.738. The first-order valence-electron chi connectivity index (χ1n) is 3.39. The van der Waals surface area contributed by atoms with Gasteiger partial charge in [0.1, 0.15) is 5.82 Å². The summed E-state index contributed by atoms with van der Waals surface area (Å²) in [6.07, 6.45) is 0.719. The topological polar surface area (TPSA) is 35.2 Å². The lowest BCUT2D eigenvalue weighted by Gasteiger charge is -1.98. The normalized spacial score (nSPS) is 9.17. The molecular weight excluding hydrogens is 181 g/mol. The van der Waals surface area contributed by atoms with E-state index in [0.29, 0.717) is 6.61 Å². The van der Waals surface area contributed by atoms with E-state index in [1.807, 2.05) is 0 Å². The number of hydrogen-bond donors (Lipinski definition) is 1. The molecule has 0 amide bonds. The minimum absolute atomic E-state index is 0. The molecular formula is C8H11ClFNO. The fourth-order valence-corrected chi connectivity index (χ4v) is 0.828. The summed E-state index contributed by atoms with van der Waals surface area (Å²) < 4.78 is 12.4. The first kappa shape index (κ1) is 11.4. The van der Waals surface area contributed by atoms with E-state index in [1.165, 1.54) is 12.1 Å². The Labute approximate surface area is 76.9 Å². The van der Waals surface area contributed by atoms with Crippen LogP contribution in [-0.4, -0.2) is 6.61 Å². The van der Waals surface area contributed by atoms with Gasteiger partial charge in [0.25, 0.3) is 0 Å². The van der Waals surface area contributed by atoms with Crippen molar-refractivity contribution < 1.29 is 9.23 Å². The molecule has 1 aromatic rings. The van der Waals surface area contributed by atoms with Crippen molar-refractivity contribution in [3.63, 3.8) is 0 Å². The lowest BCUT2D eigenvalue weighted by atomic mass is 10.2. The van der Waals surface area contributed by atoms with Crippen molar-refractivity contribution in [1.29, 1.82) is 0 Å².